The van der Waals surface area contributed by atoms with Crippen LogP contribution in [0, 0.1) is 0 Å². The Labute approximate surface area is 110 Å². The van der Waals surface area contributed by atoms with E-state index in [0.717, 1.165) is 18.9 Å². The number of hydrogen-bond donors (Lipinski definition) is 1. The van der Waals surface area contributed by atoms with Crippen molar-refractivity contribution in [3.63, 3.8) is 0 Å². The first kappa shape index (κ1) is 13.8. The Kier molecular flexibility index (Phi) is 5.45. The molecule has 18 heavy (non-hydrogen) atoms. The Morgan fingerprint density at radius 1 is 1.39 bits per heavy atom. The maximum Gasteiger partial charge on any atom is 0.319 e. The molecule has 0 saturated carbocycles. The van der Waals surface area contributed by atoms with E-state index in [-0.39, 0.29) is 5.97 Å². The van der Waals surface area contributed by atoms with E-state index in [1.165, 1.54) is 38.8 Å². The van der Waals surface area contributed by atoms with Gasteiger partial charge in [-0.25, -0.2) is 0 Å². The summed E-state index contributed by atoms with van der Waals surface area (Å²) in [6, 6.07) is 1.26. The fourth-order valence-corrected chi connectivity index (χ4v) is 3.02. The molecule has 1 N–H and O–H groups in total. The van der Waals surface area contributed by atoms with E-state index in [1.54, 1.807) is 0 Å². The monoisotopic (exact) mass is 254 g/mol. The Bertz CT molecular complexity index is 271. The van der Waals surface area contributed by atoms with E-state index in [0.29, 0.717) is 19.2 Å². The van der Waals surface area contributed by atoms with Gasteiger partial charge in [-0.05, 0) is 45.2 Å². The maximum absolute atomic E-state index is 11.5. The quantitative estimate of drug-likeness (QED) is 0.577. The lowest BCUT2D eigenvalue weighted by molar-refractivity contribution is -0.142. The van der Waals surface area contributed by atoms with Gasteiger partial charge in [-0.1, -0.05) is 13.3 Å². The van der Waals surface area contributed by atoms with Crippen LogP contribution in [0.3, 0.4) is 0 Å². The summed E-state index contributed by atoms with van der Waals surface area (Å²) in [5.41, 5.74) is 0. The summed E-state index contributed by atoms with van der Waals surface area (Å²) in [6.07, 6.45) is 7.07. The second-order valence-electron chi connectivity index (χ2n) is 5.51. The average molecular weight is 254 g/mol. The molecule has 4 heteroatoms. The number of piperidine rings is 1. The van der Waals surface area contributed by atoms with Gasteiger partial charge in [0.15, 0.2) is 0 Å². The van der Waals surface area contributed by atoms with Crippen LogP contribution in [0.2, 0.25) is 0 Å². The van der Waals surface area contributed by atoms with E-state index in [2.05, 4.69) is 17.1 Å². The van der Waals surface area contributed by atoms with Crippen LogP contribution >= 0.6 is 0 Å². The minimum absolute atomic E-state index is 0.0997. The first-order valence-electron chi connectivity index (χ1n) is 7.42. The van der Waals surface area contributed by atoms with Gasteiger partial charge in [0, 0.05) is 12.1 Å². The Hall–Kier alpha value is -0.610. The molecule has 104 valence electrons. The number of carbonyl (C=O) groups is 1. The molecule has 2 atom stereocenters. The number of carbonyl (C=O) groups excluding carboxylic acids is 1. The van der Waals surface area contributed by atoms with Crippen LogP contribution in [-0.4, -0.2) is 49.2 Å². The smallest absolute Gasteiger partial charge is 0.319 e. The summed E-state index contributed by atoms with van der Waals surface area (Å²) in [5, 5.41) is 3.36. The third-order valence-electron chi connectivity index (χ3n) is 4.12. The number of fused-ring (bicyclic) bond motifs is 1. The van der Waals surface area contributed by atoms with E-state index >= 15 is 0 Å². The van der Waals surface area contributed by atoms with Gasteiger partial charge in [-0.15, -0.1) is 0 Å². The fourth-order valence-electron chi connectivity index (χ4n) is 3.02. The largest absolute Gasteiger partial charge is 0.465 e. The van der Waals surface area contributed by atoms with Gasteiger partial charge in [0.1, 0.15) is 0 Å². The van der Waals surface area contributed by atoms with Crippen molar-refractivity contribution in [3.05, 3.63) is 0 Å². The lowest BCUT2D eigenvalue weighted by Crippen LogP contribution is -2.46. The molecule has 0 bridgehead atoms. The number of ether oxygens (including phenoxy) is 1. The van der Waals surface area contributed by atoms with Crippen LogP contribution in [0.4, 0.5) is 0 Å². The van der Waals surface area contributed by atoms with Crippen LogP contribution in [0.5, 0.6) is 0 Å². The highest BCUT2D eigenvalue weighted by atomic mass is 16.5. The fraction of sp³-hybridized carbons (Fsp3) is 0.929. The highest BCUT2D eigenvalue weighted by molar-refractivity contribution is 5.71. The van der Waals surface area contributed by atoms with Crippen LogP contribution in [0.25, 0.3) is 0 Å². The molecule has 0 radical (unpaired) electrons. The van der Waals surface area contributed by atoms with Gasteiger partial charge in [0.05, 0.1) is 13.2 Å². The molecule has 2 aliphatic rings. The number of rotatable bonds is 6. The number of esters is 1. The molecule has 2 heterocycles. The lowest BCUT2D eigenvalue weighted by atomic mass is 9.98. The second kappa shape index (κ2) is 7.10. The zero-order chi connectivity index (χ0) is 12.8. The predicted octanol–water partition coefficient (Wildman–Crippen LogP) is 1.55. The highest BCUT2D eigenvalue weighted by Gasteiger charge is 2.31. The number of hydrogen-bond acceptors (Lipinski definition) is 4. The summed E-state index contributed by atoms with van der Waals surface area (Å²) in [4.78, 5) is 14.1. The normalized spacial score (nSPS) is 28.1. The molecular weight excluding hydrogens is 228 g/mol. The standard InChI is InChI=1S/C14H26N2O2/c1-2-3-9-18-14(17)11-15-12-6-8-16-7-4-5-13(16)10-12/h12-13,15H,2-11H2,1H3. The molecule has 0 aromatic carbocycles. The van der Waals surface area contributed by atoms with Gasteiger partial charge in [0.2, 0.25) is 0 Å². The molecule has 2 fully saturated rings. The molecular formula is C14H26N2O2. The Morgan fingerprint density at radius 3 is 3.11 bits per heavy atom. The first-order chi connectivity index (χ1) is 8.79. The van der Waals surface area contributed by atoms with Crippen molar-refractivity contribution >= 4 is 5.97 Å². The molecule has 0 amide bonds. The third kappa shape index (κ3) is 3.95. The average Bonchev–Trinajstić information content (AvgIpc) is 2.84. The van der Waals surface area contributed by atoms with E-state index in [1.807, 2.05) is 0 Å². The van der Waals surface area contributed by atoms with Crippen molar-refractivity contribution in [3.8, 4) is 0 Å². The molecule has 0 spiro atoms. The van der Waals surface area contributed by atoms with E-state index in [4.69, 9.17) is 4.74 Å². The van der Waals surface area contributed by atoms with E-state index < -0.39 is 0 Å². The van der Waals surface area contributed by atoms with Crippen molar-refractivity contribution in [1.82, 2.24) is 10.2 Å². The summed E-state index contributed by atoms with van der Waals surface area (Å²) in [7, 11) is 0. The first-order valence-corrected chi connectivity index (χ1v) is 7.42. The molecule has 0 aliphatic carbocycles. The van der Waals surface area contributed by atoms with Crippen LogP contribution in [-0.2, 0) is 9.53 Å². The van der Waals surface area contributed by atoms with Crippen LogP contribution in [0.15, 0.2) is 0 Å². The molecule has 0 aromatic heterocycles. The maximum atomic E-state index is 11.5. The van der Waals surface area contributed by atoms with Crippen molar-refractivity contribution < 1.29 is 9.53 Å². The predicted molar refractivity (Wildman–Crippen MR) is 71.5 cm³/mol. The van der Waals surface area contributed by atoms with Gasteiger partial charge >= 0.3 is 5.97 Å². The van der Waals surface area contributed by atoms with Gasteiger partial charge < -0.3 is 15.0 Å². The molecule has 4 nitrogen and oxygen atoms in total. The Morgan fingerprint density at radius 2 is 2.28 bits per heavy atom. The van der Waals surface area contributed by atoms with E-state index in [9.17, 15) is 4.79 Å². The lowest BCUT2D eigenvalue weighted by Gasteiger charge is -2.35. The minimum atomic E-state index is -0.0997. The van der Waals surface area contributed by atoms with Crippen molar-refractivity contribution in [2.24, 2.45) is 0 Å². The molecule has 2 saturated heterocycles. The Balaban J connectivity index is 1.60. The number of nitrogens with zero attached hydrogens (tertiary/aromatic N) is 1. The van der Waals surface area contributed by atoms with Crippen LogP contribution < -0.4 is 5.32 Å². The summed E-state index contributed by atoms with van der Waals surface area (Å²) in [6.45, 7) is 5.50. The van der Waals surface area contributed by atoms with Crippen molar-refractivity contribution in [2.45, 2.75) is 57.5 Å². The third-order valence-corrected chi connectivity index (χ3v) is 4.12. The molecule has 2 aliphatic heterocycles. The SMILES string of the molecule is CCCCOC(=O)CNC1CCN2CCCC2C1. The molecule has 2 rings (SSSR count). The zero-order valence-corrected chi connectivity index (χ0v) is 11.5. The van der Waals surface area contributed by atoms with Crippen LogP contribution in [0.1, 0.15) is 45.4 Å². The van der Waals surface area contributed by atoms with Gasteiger partial charge in [-0.3, -0.25) is 4.79 Å². The summed E-state index contributed by atoms with van der Waals surface area (Å²) in [5.74, 6) is -0.0997. The minimum Gasteiger partial charge on any atom is -0.465 e. The highest BCUT2D eigenvalue weighted by Crippen LogP contribution is 2.26. The second-order valence-corrected chi connectivity index (χ2v) is 5.51. The van der Waals surface area contributed by atoms with Crippen molar-refractivity contribution in [1.29, 1.82) is 0 Å². The number of nitrogens with one attached hydrogen (secondary N) is 1. The van der Waals surface area contributed by atoms with Gasteiger partial charge in [0.25, 0.3) is 0 Å². The summed E-state index contributed by atoms with van der Waals surface area (Å²) < 4.78 is 5.15. The van der Waals surface area contributed by atoms with Crippen molar-refractivity contribution in [2.75, 3.05) is 26.2 Å². The van der Waals surface area contributed by atoms with Gasteiger partial charge in [-0.2, -0.15) is 0 Å². The topological polar surface area (TPSA) is 41.6 Å². The molecule has 0 aromatic rings. The number of unbranched alkanes of at least 4 members (excludes halogenated alkanes) is 1. The molecule has 2 unspecified atom stereocenters. The summed E-state index contributed by atoms with van der Waals surface area (Å²) >= 11 is 0. The zero-order valence-electron chi connectivity index (χ0n) is 11.5.